The predicted octanol–water partition coefficient (Wildman–Crippen LogP) is 9.69. The first-order chi connectivity index (χ1) is 36.9. The summed E-state index contributed by atoms with van der Waals surface area (Å²) in [7, 11) is 2.85. The molecule has 1 aliphatic carbocycles. The molecule has 14 heteroatoms. The minimum Gasteiger partial charge on any atom is -0.388 e. The van der Waals surface area contributed by atoms with E-state index in [-0.39, 0.29) is 79.6 Å². The summed E-state index contributed by atoms with van der Waals surface area (Å²) in [5.41, 5.74) is 7.36. The molecule has 0 radical (unpaired) electrons. The standard InChI is InChI=1S/C61H56N2O10S2.24H2/c1-2-3-4-5-6-7-8-9-10-11-12-13-14-15-16-17-18-19-20-21-22-23-33-40-56(65)63-53(57(66)54(64)46-68-42-41-50-34-27-24-28-35-50)45-72-61-60(71-44-52-38-31-26-32-39-52)58(67)59(70-43-51-36-29-25-30-37-51)55(73-61)47-69-49-75-74-48-62;;;;;;;;;;;;;;;;;;;;;;;;/h1,25-26,29-32,36-39,50,53-55,57-61,64,66-67H,24,27-28,34-35,40-49,62H2,(H,63,65);24*1H/t53-,54+,55?,57-,58-,59-,60?,61-;;;;;;;;;;;;;;;;;;;;;;;;/m0......................../s1. The van der Waals surface area contributed by atoms with Crippen LogP contribution in [0.15, 0.2) is 60.7 Å². The number of aliphatic hydroxyl groups is 3. The van der Waals surface area contributed by atoms with Crippen molar-refractivity contribution in [1.29, 1.82) is 0 Å². The number of terminal acetylenes is 1. The molecule has 0 aromatic heterocycles. The minimum atomic E-state index is -1.56. The third kappa shape index (κ3) is 26.6. The molecular formula is C61H104N2O10S2. The summed E-state index contributed by atoms with van der Waals surface area (Å²) in [6, 6.07) is 17.7. The van der Waals surface area contributed by atoms with Gasteiger partial charge in [0.05, 0.1) is 45.5 Å². The number of rotatable bonds is 24. The van der Waals surface area contributed by atoms with E-state index in [0.717, 1.165) is 30.4 Å². The van der Waals surface area contributed by atoms with Gasteiger partial charge < -0.3 is 54.8 Å². The van der Waals surface area contributed by atoms with Gasteiger partial charge in [-0.3, -0.25) is 4.79 Å². The summed E-state index contributed by atoms with van der Waals surface area (Å²) in [6.45, 7) is 0.123. The number of aliphatic hydroxyl groups excluding tert-OH is 3. The molecule has 430 valence electrons. The zero-order chi connectivity index (χ0) is 53.2. The Labute approximate surface area is 486 Å². The second-order valence-corrected chi connectivity index (χ2v) is 18.5. The maximum atomic E-state index is 13.4. The molecule has 1 aliphatic heterocycles. The van der Waals surface area contributed by atoms with E-state index in [9.17, 15) is 20.1 Å². The van der Waals surface area contributed by atoms with Crippen LogP contribution in [0.5, 0.6) is 0 Å². The number of hydrogen-bond donors (Lipinski definition) is 5. The lowest BCUT2D eigenvalue weighted by molar-refractivity contribution is -0.321. The summed E-state index contributed by atoms with van der Waals surface area (Å²) in [5.74, 6) is 57.8. The molecule has 1 saturated carbocycles. The molecule has 2 unspecified atom stereocenters. The Balaban J connectivity index is -0.000000133. The van der Waals surface area contributed by atoms with Crippen LogP contribution in [-0.4, -0.2) is 108 Å². The Morgan fingerprint density at radius 3 is 1.75 bits per heavy atom. The minimum absolute atomic E-state index is 0. The smallest absolute Gasteiger partial charge is 0.232 e. The van der Waals surface area contributed by atoms with Gasteiger partial charge in [0.1, 0.15) is 42.6 Å². The molecule has 1 heterocycles. The van der Waals surface area contributed by atoms with Crippen molar-refractivity contribution in [3.63, 3.8) is 0 Å². The molecular weight excluding hydrogens is 985 g/mol. The summed E-state index contributed by atoms with van der Waals surface area (Å²) < 4.78 is 37.3. The highest BCUT2D eigenvalue weighted by Crippen LogP contribution is 2.30. The van der Waals surface area contributed by atoms with Crippen LogP contribution in [0.4, 0.5) is 0 Å². The largest absolute Gasteiger partial charge is 0.388 e. The number of benzene rings is 2. The fourth-order valence-electron chi connectivity index (χ4n) is 7.14. The highest BCUT2D eigenvalue weighted by molar-refractivity contribution is 8.76. The molecule has 6 N–H and O–H groups in total. The molecule has 4 rings (SSSR count). The van der Waals surface area contributed by atoms with E-state index in [1.165, 1.54) is 40.9 Å². The first-order valence-electron chi connectivity index (χ1n) is 23.8. The SMILES string of the molecule is C#CC#CC#CC#CC#CC#CC#CC#CC#CC#CC#CC#CCC(=O)N[C@@H](CO[C@H]1OC(COCSSCN)[C@H](OCc2ccccc2)[C@H](O)C1OCc1ccccc1)[C@H](O)[C@H](O)COCCC1CCCCC1.[HH].[HH].[HH].[HH].[HH].[HH].[HH].[HH].[HH].[HH].[HH].[HH].[HH].[HH].[HH].[HH].[HH].[HH].[HH].[HH].[HH].[HH].[HH].[HH]. The maximum absolute atomic E-state index is 13.4. The van der Waals surface area contributed by atoms with Crippen molar-refractivity contribution >= 4 is 27.5 Å². The number of carbonyl (C=O) groups is 1. The zero-order valence-corrected chi connectivity index (χ0v) is 42.9. The van der Waals surface area contributed by atoms with Crippen molar-refractivity contribution in [2.24, 2.45) is 11.7 Å². The first kappa shape index (κ1) is 60.5. The summed E-state index contributed by atoms with van der Waals surface area (Å²) >= 11 is 0. The van der Waals surface area contributed by atoms with E-state index in [2.05, 4.69) is 141 Å². The number of carbonyl (C=O) groups excluding carboxylic acids is 1. The van der Waals surface area contributed by atoms with Crippen LogP contribution in [0.25, 0.3) is 0 Å². The van der Waals surface area contributed by atoms with Gasteiger partial charge in [-0.1, -0.05) is 120 Å². The van der Waals surface area contributed by atoms with Gasteiger partial charge in [-0.05, 0) is 118 Å². The zero-order valence-electron chi connectivity index (χ0n) is 41.2. The lowest BCUT2D eigenvalue weighted by Gasteiger charge is -2.44. The maximum Gasteiger partial charge on any atom is 0.232 e. The second kappa shape index (κ2) is 39.4. The van der Waals surface area contributed by atoms with E-state index in [1.807, 2.05) is 60.7 Å². The fraction of sp³-hybridized carbons (Fsp3) is 0.393. The van der Waals surface area contributed by atoms with Crippen molar-refractivity contribution in [3.8, 4) is 143 Å². The molecule has 2 fully saturated rings. The van der Waals surface area contributed by atoms with Gasteiger partial charge >= 0.3 is 0 Å². The molecule has 12 nitrogen and oxygen atoms in total. The van der Waals surface area contributed by atoms with Crippen LogP contribution in [0.3, 0.4) is 0 Å². The van der Waals surface area contributed by atoms with Crippen molar-refractivity contribution in [3.05, 3.63) is 71.8 Å². The van der Waals surface area contributed by atoms with Gasteiger partial charge in [0.2, 0.25) is 5.91 Å². The highest BCUT2D eigenvalue weighted by atomic mass is 33.1. The topological polar surface area (TPSA) is 171 Å². The van der Waals surface area contributed by atoms with Gasteiger partial charge in [-0.15, -0.1) is 6.42 Å². The van der Waals surface area contributed by atoms with E-state index in [0.29, 0.717) is 18.4 Å². The van der Waals surface area contributed by atoms with Gasteiger partial charge in [0.25, 0.3) is 0 Å². The molecule has 2 aliphatic rings. The van der Waals surface area contributed by atoms with E-state index in [4.69, 9.17) is 40.6 Å². The number of amides is 1. The summed E-state index contributed by atoms with van der Waals surface area (Å²) in [6.07, 6.45) is 3.06. The lowest BCUT2D eigenvalue weighted by atomic mass is 9.87. The van der Waals surface area contributed by atoms with Crippen LogP contribution < -0.4 is 11.1 Å². The Hall–Kier alpha value is -7.07. The molecule has 2 aromatic rings. The van der Waals surface area contributed by atoms with E-state index < -0.39 is 54.9 Å². The van der Waals surface area contributed by atoms with Crippen molar-refractivity contribution < 1.29 is 82.8 Å². The Morgan fingerprint density at radius 1 is 0.693 bits per heavy atom. The number of nitrogens with two attached hydrogens (primary N) is 1. The van der Waals surface area contributed by atoms with Gasteiger partial charge in [-0.2, -0.15) is 0 Å². The third-order valence-electron chi connectivity index (χ3n) is 10.7. The highest BCUT2D eigenvalue weighted by Gasteiger charge is 2.48. The first-order valence-corrected chi connectivity index (χ1v) is 26.3. The van der Waals surface area contributed by atoms with Gasteiger partial charge in [0, 0.05) is 82.2 Å². The van der Waals surface area contributed by atoms with Crippen molar-refractivity contribution in [2.45, 2.75) is 107 Å². The molecule has 8 atom stereocenters. The fourth-order valence-corrected chi connectivity index (χ4v) is 8.16. The van der Waals surface area contributed by atoms with Crippen molar-refractivity contribution in [2.75, 3.05) is 38.2 Å². The lowest BCUT2D eigenvalue weighted by Crippen LogP contribution is -2.62. The van der Waals surface area contributed by atoms with Gasteiger partial charge in [-0.25, -0.2) is 0 Å². The third-order valence-corrected chi connectivity index (χ3v) is 12.5. The predicted molar refractivity (Wildman–Crippen MR) is 341 cm³/mol. The van der Waals surface area contributed by atoms with Crippen LogP contribution in [0, 0.1) is 149 Å². The molecule has 0 bridgehead atoms. The Kier molecular flexibility index (Phi) is 31.8. The number of hydrogen-bond acceptors (Lipinski definition) is 13. The molecule has 75 heavy (non-hydrogen) atoms. The summed E-state index contributed by atoms with van der Waals surface area (Å²) in [5, 5.41) is 37.6. The molecule has 1 amide bonds. The second-order valence-electron chi connectivity index (χ2n) is 16.0. The van der Waals surface area contributed by atoms with Gasteiger partial charge in [0.15, 0.2) is 6.29 Å². The number of nitrogens with one attached hydrogen (secondary N) is 1. The molecule has 2 aromatic carbocycles. The van der Waals surface area contributed by atoms with Crippen LogP contribution >= 0.6 is 21.6 Å². The molecule has 1 saturated heterocycles. The van der Waals surface area contributed by atoms with Crippen LogP contribution in [0.2, 0.25) is 0 Å². The quantitative estimate of drug-likeness (QED) is 0.0292. The normalized spacial score (nSPS) is 18.0. The van der Waals surface area contributed by atoms with Crippen molar-refractivity contribution in [1.82, 2.24) is 5.32 Å². The van der Waals surface area contributed by atoms with E-state index in [1.54, 1.807) is 0 Å². The Morgan fingerprint density at radius 2 is 1.21 bits per heavy atom. The van der Waals surface area contributed by atoms with E-state index >= 15 is 0 Å². The van der Waals surface area contributed by atoms with Crippen LogP contribution in [0.1, 0.15) is 90.3 Å². The van der Waals surface area contributed by atoms with Crippen LogP contribution in [-0.2, 0) is 46.4 Å². The Bertz CT molecular complexity index is 2960. The number of ether oxygens (including phenoxy) is 6. The monoisotopic (exact) mass is 1090 g/mol. The average molecular weight is 1090 g/mol. The summed E-state index contributed by atoms with van der Waals surface area (Å²) in [4.78, 5) is 13.4. The average Bonchev–Trinajstić information content (AvgIpc) is 0.823. The molecule has 0 spiro atoms.